The quantitative estimate of drug-likeness (QED) is 0.795. The van der Waals surface area contributed by atoms with Gasteiger partial charge in [-0.3, -0.25) is 9.59 Å². The zero-order chi connectivity index (χ0) is 14.4. The summed E-state index contributed by atoms with van der Waals surface area (Å²) in [5, 5.41) is 8.97. The Kier molecular flexibility index (Phi) is 5.83. The number of hydrogen-bond donors (Lipinski definition) is 1. The van der Waals surface area contributed by atoms with Gasteiger partial charge in [0.25, 0.3) is 0 Å². The third-order valence-electron chi connectivity index (χ3n) is 4.39. The van der Waals surface area contributed by atoms with Crippen LogP contribution in [0.15, 0.2) is 0 Å². The van der Waals surface area contributed by atoms with Crippen molar-refractivity contribution < 1.29 is 14.7 Å². The number of amides is 2. The van der Waals surface area contributed by atoms with Crippen LogP contribution in [0.2, 0.25) is 0 Å². The van der Waals surface area contributed by atoms with Crippen molar-refractivity contribution in [2.75, 3.05) is 26.2 Å². The van der Waals surface area contributed by atoms with Gasteiger partial charge < -0.3 is 14.9 Å². The second kappa shape index (κ2) is 7.62. The zero-order valence-electron chi connectivity index (χ0n) is 12.2. The molecular formula is C15H26N2O3. The second-order valence-corrected chi connectivity index (χ2v) is 5.87. The maximum absolute atomic E-state index is 12.5. The molecule has 0 bridgehead atoms. The minimum absolute atomic E-state index is 0.0541. The summed E-state index contributed by atoms with van der Waals surface area (Å²) in [6.45, 7) is 1.66. The highest BCUT2D eigenvalue weighted by Crippen LogP contribution is 2.25. The lowest BCUT2D eigenvalue weighted by atomic mass is 9.91. The number of carbonyl (C=O) groups excluding carboxylic acids is 2. The molecule has 2 amide bonds. The highest BCUT2D eigenvalue weighted by Gasteiger charge is 2.30. The number of aliphatic hydroxyl groups is 1. The fourth-order valence-electron chi connectivity index (χ4n) is 2.91. The molecule has 2 fully saturated rings. The zero-order valence-corrected chi connectivity index (χ0v) is 12.2. The lowest BCUT2D eigenvalue weighted by Crippen LogP contribution is -2.49. The first-order valence-corrected chi connectivity index (χ1v) is 7.90. The average molecular weight is 282 g/mol. The molecule has 0 spiro atoms. The molecule has 0 atom stereocenters. The van der Waals surface area contributed by atoms with Crippen molar-refractivity contribution in [2.45, 2.75) is 57.4 Å². The molecule has 114 valence electrons. The number of hydrogen-bond acceptors (Lipinski definition) is 3. The van der Waals surface area contributed by atoms with E-state index in [2.05, 4.69) is 0 Å². The Hall–Kier alpha value is -1.10. The molecule has 0 radical (unpaired) electrons. The SMILES string of the molecule is O=C1CCCCCN1CC(=O)N(CCCO)C1CCC1. The third-order valence-corrected chi connectivity index (χ3v) is 4.39. The van der Waals surface area contributed by atoms with Gasteiger partial charge in [0, 0.05) is 32.2 Å². The van der Waals surface area contributed by atoms with Crippen molar-refractivity contribution in [2.24, 2.45) is 0 Å². The molecule has 2 aliphatic rings. The largest absolute Gasteiger partial charge is 0.396 e. The van der Waals surface area contributed by atoms with Gasteiger partial charge in [-0.2, -0.15) is 0 Å². The molecular weight excluding hydrogens is 256 g/mol. The first-order valence-electron chi connectivity index (χ1n) is 7.90. The molecule has 20 heavy (non-hydrogen) atoms. The fraction of sp³-hybridized carbons (Fsp3) is 0.867. The van der Waals surface area contributed by atoms with Crippen molar-refractivity contribution in [1.29, 1.82) is 0 Å². The van der Waals surface area contributed by atoms with Crippen LogP contribution in [0.4, 0.5) is 0 Å². The number of nitrogens with zero attached hydrogens (tertiary/aromatic N) is 2. The maximum Gasteiger partial charge on any atom is 0.242 e. The summed E-state index contributed by atoms with van der Waals surface area (Å²) in [6, 6.07) is 0.330. The molecule has 2 rings (SSSR count). The Bertz CT molecular complexity index is 342. The standard InChI is InChI=1S/C15H26N2O3/c18-11-5-10-17(13-6-4-7-13)15(20)12-16-9-3-1-2-8-14(16)19/h13,18H,1-12H2. The van der Waals surface area contributed by atoms with Gasteiger partial charge >= 0.3 is 0 Å². The summed E-state index contributed by atoms with van der Waals surface area (Å²) in [7, 11) is 0. The number of rotatable bonds is 6. The van der Waals surface area contributed by atoms with Gasteiger partial charge in [-0.1, -0.05) is 6.42 Å². The molecule has 5 heteroatoms. The number of aliphatic hydroxyl groups excluding tert-OH is 1. The van der Waals surface area contributed by atoms with Crippen molar-refractivity contribution in [3.8, 4) is 0 Å². The molecule has 5 nitrogen and oxygen atoms in total. The van der Waals surface area contributed by atoms with Gasteiger partial charge in [-0.05, 0) is 38.5 Å². The van der Waals surface area contributed by atoms with Gasteiger partial charge in [0.15, 0.2) is 0 Å². The van der Waals surface area contributed by atoms with Crippen LogP contribution in [-0.4, -0.2) is 59.0 Å². The van der Waals surface area contributed by atoms with Crippen LogP contribution in [0.1, 0.15) is 51.4 Å². The van der Waals surface area contributed by atoms with E-state index in [9.17, 15) is 9.59 Å². The predicted molar refractivity (Wildman–Crippen MR) is 76.1 cm³/mol. The summed E-state index contributed by atoms with van der Waals surface area (Å²) in [4.78, 5) is 28.0. The van der Waals surface area contributed by atoms with Crippen molar-refractivity contribution in [3.63, 3.8) is 0 Å². The summed E-state index contributed by atoms with van der Waals surface area (Å²) in [5.41, 5.74) is 0. The van der Waals surface area contributed by atoms with E-state index in [4.69, 9.17) is 5.11 Å². The minimum atomic E-state index is 0.0541. The van der Waals surface area contributed by atoms with Crippen molar-refractivity contribution >= 4 is 11.8 Å². The Labute approximate surface area is 120 Å². The topological polar surface area (TPSA) is 60.9 Å². The summed E-state index contributed by atoms with van der Waals surface area (Å²) < 4.78 is 0. The molecule has 1 saturated heterocycles. The first kappa shape index (κ1) is 15.3. The van der Waals surface area contributed by atoms with Gasteiger partial charge in [0.1, 0.15) is 0 Å². The molecule has 0 aromatic heterocycles. The van der Waals surface area contributed by atoms with E-state index in [0.717, 1.165) is 32.1 Å². The molecule has 1 aliphatic heterocycles. The van der Waals surface area contributed by atoms with E-state index in [1.165, 1.54) is 6.42 Å². The summed E-state index contributed by atoms with van der Waals surface area (Å²) in [5.74, 6) is 0.171. The van der Waals surface area contributed by atoms with Crippen LogP contribution in [0.5, 0.6) is 0 Å². The number of carbonyl (C=O) groups is 2. The van der Waals surface area contributed by atoms with Crippen LogP contribution >= 0.6 is 0 Å². The van der Waals surface area contributed by atoms with Gasteiger partial charge in [-0.25, -0.2) is 0 Å². The average Bonchev–Trinajstić information content (AvgIpc) is 2.57. The van der Waals surface area contributed by atoms with Gasteiger partial charge in [-0.15, -0.1) is 0 Å². The van der Waals surface area contributed by atoms with E-state index in [1.54, 1.807) is 4.90 Å². The minimum Gasteiger partial charge on any atom is -0.396 e. The van der Waals surface area contributed by atoms with E-state index in [-0.39, 0.29) is 25.0 Å². The van der Waals surface area contributed by atoms with Gasteiger partial charge in [0.05, 0.1) is 6.54 Å². The Balaban J connectivity index is 1.90. The van der Waals surface area contributed by atoms with Gasteiger partial charge in [0.2, 0.25) is 11.8 Å². The lowest BCUT2D eigenvalue weighted by molar-refractivity contribution is -0.142. The fourth-order valence-corrected chi connectivity index (χ4v) is 2.91. The lowest BCUT2D eigenvalue weighted by Gasteiger charge is -2.38. The normalized spacial score (nSPS) is 20.4. The molecule has 0 unspecified atom stereocenters. The van der Waals surface area contributed by atoms with Crippen molar-refractivity contribution in [3.05, 3.63) is 0 Å². The van der Waals surface area contributed by atoms with Crippen molar-refractivity contribution in [1.82, 2.24) is 9.80 Å². The van der Waals surface area contributed by atoms with Crippen LogP contribution in [0.3, 0.4) is 0 Å². The monoisotopic (exact) mass is 282 g/mol. The molecule has 1 N–H and O–H groups in total. The Morgan fingerprint density at radius 2 is 2.05 bits per heavy atom. The molecule has 1 aliphatic carbocycles. The molecule has 1 saturated carbocycles. The molecule has 0 aromatic rings. The van der Waals surface area contributed by atoms with Crippen LogP contribution in [0, 0.1) is 0 Å². The number of likely N-dealkylation sites (tertiary alicyclic amines) is 1. The highest BCUT2D eigenvalue weighted by molar-refractivity contribution is 5.85. The smallest absolute Gasteiger partial charge is 0.242 e. The third kappa shape index (κ3) is 3.95. The van der Waals surface area contributed by atoms with Crippen LogP contribution in [-0.2, 0) is 9.59 Å². The summed E-state index contributed by atoms with van der Waals surface area (Å²) in [6.07, 6.45) is 7.52. The molecule has 1 heterocycles. The van der Waals surface area contributed by atoms with E-state index >= 15 is 0 Å². The molecule has 0 aromatic carbocycles. The second-order valence-electron chi connectivity index (χ2n) is 5.87. The summed E-state index contributed by atoms with van der Waals surface area (Å²) >= 11 is 0. The van der Waals surface area contributed by atoms with E-state index in [0.29, 0.717) is 32.0 Å². The highest BCUT2D eigenvalue weighted by atomic mass is 16.3. The Morgan fingerprint density at radius 1 is 1.25 bits per heavy atom. The van der Waals surface area contributed by atoms with Crippen LogP contribution < -0.4 is 0 Å². The van der Waals surface area contributed by atoms with E-state index in [1.807, 2.05) is 4.90 Å². The van der Waals surface area contributed by atoms with Crippen LogP contribution in [0.25, 0.3) is 0 Å². The Morgan fingerprint density at radius 3 is 2.70 bits per heavy atom. The predicted octanol–water partition coefficient (Wildman–Crippen LogP) is 1.15. The van der Waals surface area contributed by atoms with E-state index < -0.39 is 0 Å². The maximum atomic E-state index is 12.5. The first-order chi connectivity index (χ1) is 9.72.